The number of carbonyl (C=O) groups is 3. The minimum absolute atomic E-state index is 0.0443. The Morgan fingerprint density at radius 3 is 2.59 bits per heavy atom. The monoisotopic (exact) mass is 549 g/mol. The van der Waals surface area contributed by atoms with E-state index in [0.29, 0.717) is 10.9 Å². The lowest BCUT2D eigenvalue weighted by atomic mass is 10.1. The minimum Gasteiger partial charge on any atom is -0.350 e. The van der Waals surface area contributed by atoms with Crippen LogP contribution in [0.3, 0.4) is 0 Å². The molecule has 3 aromatic rings. The number of nitrogens with one attached hydrogen (secondary N) is 2. The van der Waals surface area contributed by atoms with Gasteiger partial charge in [0.1, 0.15) is 18.1 Å². The van der Waals surface area contributed by atoms with Gasteiger partial charge >= 0.3 is 0 Å². The molecular formula is C24H25ClFN5O5S. The lowest BCUT2D eigenvalue weighted by Gasteiger charge is -2.22. The Morgan fingerprint density at radius 2 is 1.95 bits per heavy atom. The first-order valence-electron chi connectivity index (χ1n) is 11.4. The Hall–Kier alpha value is -3.51. The van der Waals surface area contributed by atoms with Crippen LogP contribution in [0.4, 0.5) is 10.1 Å². The molecule has 0 saturated heterocycles. The SMILES string of the molecule is CC(=O)c1nn(CC(=O)N(CC(=O)NCc2cccc(Cl)c2F)C2CC2)c2ccc(NS(C)(=O)=O)cc12. The highest BCUT2D eigenvalue weighted by Gasteiger charge is 2.34. The number of sulfonamides is 1. The summed E-state index contributed by atoms with van der Waals surface area (Å²) in [5.74, 6) is -1.78. The Morgan fingerprint density at radius 1 is 1.22 bits per heavy atom. The third kappa shape index (κ3) is 6.44. The van der Waals surface area contributed by atoms with E-state index in [9.17, 15) is 27.2 Å². The molecule has 0 spiro atoms. The predicted octanol–water partition coefficient (Wildman–Crippen LogP) is 2.71. The largest absolute Gasteiger partial charge is 0.350 e. The van der Waals surface area contributed by atoms with E-state index in [4.69, 9.17) is 11.6 Å². The van der Waals surface area contributed by atoms with Gasteiger partial charge in [0.15, 0.2) is 5.78 Å². The Kier molecular flexibility index (Phi) is 7.51. The second-order valence-electron chi connectivity index (χ2n) is 8.91. The van der Waals surface area contributed by atoms with Gasteiger partial charge in [0, 0.05) is 36.1 Å². The molecule has 1 aromatic heterocycles. The number of ketones is 1. The number of rotatable bonds is 10. The topological polar surface area (TPSA) is 130 Å². The summed E-state index contributed by atoms with van der Waals surface area (Å²) in [5, 5.41) is 7.26. The molecule has 37 heavy (non-hydrogen) atoms. The van der Waals surface area contributed by atoms with E-state index in [-0.39, 0.29) is 59.3 Å². The Balaban J connectivity index is 1.50. The number of hydrogen-bond donors (Lipinski definition) is 2. The van der Waals surface area contributed by atoms with Crippen LogP contribution in [0, 0.1) is 5.82 Å². The van der Waals surface area contributed by atoms with Crippen molar-refractivity contribution in [3.63, 3.8) is 0 Å². The summed E-state index contributed by atoms with van der Waals surface area (Å²) >= 11 is 5.78. The third-order valence-electron chi connectivity index (χ3n) is 5.80. The maximum Gasteiger partial charge on any atom is 0.245 e. The number of anilines is 1. The zero-order valence-corrected chi connectivity index (χ0v) is 21.7. The van der Waals surface area contributed by atoms with E-state index in [0.717, 1.165) is 19.1 Å². The van der Waals surface area contributed by atoms with Crippen LogP contribution in [0.5, 0.6) is 0 Å². The number of aromatic nitrogens is 2. The summed E-state index contributed by atoms with van der Waals surface area (Å²) in [5.41, 5.74) is 1.05. The van der Waals surface area contributed by atoms with E-state index in [1.54, 1.807) is 12.1 Å². The molecule has 0 atom stereocenters. The Labute approximate surface area is 217 Å². The van der Waals surface area contributed by atoms with Crippen molar-refractivity contribution in [2.75, 3.05) is 17.5 Å². The molecule has 10 nitrogen and oxygen atoms in total. The summed E-state index contributed by atoms with van der Waals surface area (Å²) in [6.07, 6.45) is 2.52. The number of hydrogen-bond acceptors (Lipinski definition) is 6. The molecule has 13 heteroatoms. The highest BCUT2D eigenvalue weighted by Crippen LogP contribution is 2.28. The van der Waals surface area contributed by atoms with Crippen LogP contribution in [-0.4, -0.2) is 59.5 Å². The molecular weight excluding hydrogens is 525 g/mol. The molecule has 0 aliphatic heterocycles. The normalized spacial score (nSPS) is 13.4. The first kappa shape index (κ1) is 26.6. The number of carbonyl (C=O) groups excluding carboxylic acids is 3. The van der Waals surface area contributed by atoms with E-state index in [1.165, 1.54) is 40.8 Å². The quantitative estimate of drug-likeness (QED) is 0.374. The zero-order valence-electron chi connectivity index (χ0n) is 20.1. The van der Waals surface area contributed by atoms with Gasteiger partial charge in [0.25, 0.3) is 0 Å². The van der Waals surface area contributed by atoms with Crippen LogP contribution in [0.15, 0.2) is 36.4 Å². The highest BCUT2D eigenvalue weighted by molar-refractivity contribution is 7.92. The van der Waals surface area contributed by atoms with E-state index in [1.807, 2.05) is 0 Å². The van der Waals surface area contributed by atoms with Crippen LogP contribution in [0.2, 0.25) is 5.02 Å². The van der Waals surface area contributed by atoms with Gasteiger partial charge < -0.3 is 10.2 Å². The molecule has 0 radical (unpaired) electrons. The fourth-order valence-corrected chi connectivity index (χ4v) is 4.70. The van der Waals surface area contributed by atoms with Gasteiger partial charge in [-0.2, -0.15) is 5.10 Å². The number of nitrogens with zero attached hydrogens (tertiary/aromatic N) is 3. The van der Waals surface area contributed by atoms with Gasteiger partial charge in [-0.1, -0.05) is 23.7 Å². The fraction of sp³-hybridized carbons (Fsp3) is 0.333. The number of halogens is 2. The van der Waals surface area contributed by atoms with Crippen molar-refractivity contribution in [3.8, 4) is 0 Å². The van der Waals surface area contributed by atoms with Gasteiger partial charge in [0.2, 0.25) is 21.8 Å². The molecule has 1 fully saturated rings. The first-order chi connectivity index (χ1) is 17.4. The van der Waals surface area contributed by atoms with E-state index < -0.39 is 21.7 Å². The smallest absolute Gasteiger partial charge is 0.245 e. The zero-order chi connectivity index (χ0) is 26.9. The number of amides is 2. The molecule has 0 bridgehead atoms. The average molecular weight is 550 g/mol. The van der Waals surface area contributed by atoms with Crippen molar-refractivity contribution in [1.29, 1.82) is 0 Å². The molecule has 196 valence electrons. The fourth-order valence-electron chi connectivity index (χ4n) is 3.95. The maximum absolute atomic E-state index is 14.1. The lowest BCUT2D eigenvalue weighted by molar-refractivity contribution is -0.137. The average Bonchev–Trinajstić information content (AvgIpc) is 3.59. The number of fused-ring (bicyclic) bond motifs is 1. The molecule has 4 rings (SSSR count). The van der Waals surface area contributed by atoms with E-state index >= 15 is 0 Å². The van der Waals surface area contributed by atoms with Gasteiger partial charge in [-0.25, -0.2) is 12.8 Å². The molecule has 2 aromatic carbocycles. The number of benzene rings is 2. The van der Waals surface area contributed by atoms with Gasteiger partial charge in [-0.3, -0.25) is 23.8 Å². The molecule has 0 unspecified atom stereocenters. The van der Waals surface area contributed by atoms with Crippen molar-refractivity contribution in [2.24, 2.45) is 0 Å². The van der Waals surface area contributed by atoms with Crippen molar-refractivity contribution >= 4 is 55.8 Å². The van der Waals surface area contributed by atoms with Crippen LogP contribution in [0.25, 0.3) is 10.9 Å². The van der Waals surface area contributed by atoms with Crippen LogP contribution >= 0.6 is 11.6 Å². The maximum atomic E-state index is 14.1. The molecule has 1 aliphatic carbocycles. The minimum atomic E-state index is -3.53. The molecule has 1 saturated carbocycles. The van der Waals surface area contributed by atoms with Gasteiger partial charge in [-0.05, 0) is 37.1 Å². The highest BCUT2D eigenvalue weighted by atomic mass is 35.5. The summed E-state index contributed by atoms with van der Waals surface area (Å²) in [6, 6.07) is 8.98. The van der Waals surface area contributed by atoms with Crippen molar-refractivity contribution in [1.82, 2.24) is 20.0 Å². The molecule has 1 heterocycles. The van der Waals surface area contributed by atoms with Crippen LogP contribution < -0.4 is 10.0 Å². The summed E-state index contributed by atoms with van der Waals surface area (Å²) in [6.45, 7) is 0.809. The second-order valence-corrected chi connectivity index (χ2v) is 11.1. The number of Topliss-reactive ketones (excluding diaryl/α,β-unsaturated/α-hetero) is 1. The second kappa shape index (κ2) is 10.5. The summed E-state index contributed by atoms with van der Waals surface area (Å²) in [7, 11) is -3.53. The lowest BCUT2D eigenvalue weighted by Crippen LogP contribution is -2.43. The van der Waals surface area contributed by atoms with Gasteiger partial charge in [-0.15, -0.1) is 0 Å². The van der Waals surface area contributed by atoms with Crippen LogP contribution in [-0.2, 0) is 32.7 Å². The van der Waals surface area contributed by atoms with E-state index in [2.05, 4.69) is 15.1 Å². The summed E-state index contributed by atoms with van der Waals surface area (Å²) in [4.78, 5) is 39.4. The predicted molar refractivity (Wildman–Crippen MR) is 136 cm³/mol. The van der Waals surface area contributed by atoms with Crippen molar-refractivity contribution in [2.45, 2.75) is 38.9 Å². The first-order valence-corrected chi connectivity index (χ1v) is 13.7. The van der Waals surface area contributed by atoms with Crippen molar-refractivity contribution in [3.05, 3.63) is 58.5 Å². The summed E-state index contributed by atoms with van der Waals surface area (Å²) < 4.78 is 41.0. The molecule has 2 N–H and O–H groups in total. The van der Waals surface area contributed by atoms with Crippen LogP contribution in [0.1, 0.15) is 35.8 Å². The Bertz CT molecular complexity index is 1500. The third-order valence-corrected chi connectivity index (χ3v) is 6.70. The molecule has 1 aliphatic rings. The standard InChI is InChI=1S/C24H25ClFN5O5S/c1-14(32)24-18-10-16(29-37(2,35)36)6-9-20(18)31(28-24)13-22(34)30(17-7-8-17)12-21(33)27-11-15-4-3-5-19(25)23(15)26/h3-6,9-10,17,29H,7-8,11-13H2,1-2H3,(H,27,33). The molecule has 2 amide bonds. The van der Waals surface area contributed by atoms with Crippen molar-refractivity contribution < 1.29 is 27.2 Å². The van der Waals surface area contributed by atoms with Gasteiger partial charge in [0.05, 0.1) is 23.3 Å².